The molecule has 0 aromatic heterocycles. The van der Waals surface area contributed by atoms with Crippen LogP contribution in [0.5, 0.6) is 11.5 Å². The van der Waals surface area contributed by atoms with Crippen LogP contribution >= 0.6 is 0 Å². The Morgan fingerprint density at radius 1 is 0.976 bits per heavy atom. The summed E-state index contributed by atoms with van der Waals surface area (Å²) in [6.45, 7) is 8.94. The van der Waals surface area contributed by atoms with E-state index in [1.165, 1.54) is 24.3 Å². The highest BCUT2D eigenvalue weighted by molar-refractivity contribution is 5.79. The Labute approximate surface area is 250 Å². The van der Waals surface area contributed by atoms with E-state index in [4.69, 9.17) is 19.9 Å². The molecule has 9 heteroatoms. The number of hydrogen-bond donors (Lipinski definition) is 4. The first-order valence-corrected chi connectivity index (χ1v) is 14.9. The number of carbonyl (C=O) groups excluding carboxylic acids is 1. The topological polar surface area (TPSA) is 123 Å². The molecule has 0 spiro atoms. The minimum atomic E-state index is -0.890. The van der Waals surface area contributed by atoms with Crippen LogP contribution in [0.2, 0.25) is 0 Å². The number of nitrogens with two attached hydrogens (primary N) is 1. The molecule has 0 radical (unpaired) electrons. The van der Waals surface area contributed by atoms with Gasteiger partial charge in [-0.2, -0.15) is 0 Å². The molecule has 0 fully saturated rings. The summed E-state index contributed by atoms with van der Waals surface area (Å²) >= 11 is 0. The smallest absolute Gasteiger partial charge is 0.224 e. The van der Waals surface area contributed by atoms with E-state index in [1.54, 1.807) is 14.2 Å². The number of rotatable bonds is 19. The lowest BCUT2D eigenvalue weighted by Gasteiger charge is -2.30. The minimum Gasteiger partial charge on any atom is -0.493 e. The zero-order chi connectivity index (χ0) is 31.2. The highest BCUT2D eigenvalue weighted by Crippen LogP contribution is 2.32. The molecule has 0 aliphatic rings. The van der Waals surface area contributed by atoms with Gasteiger partial charge in [0.15, 0.2) is 11.5 Å². The Balaban J connectivity index is 2.06. The molecule has 42 heavy (non-hydrogen) atoms. The van der Waals surface area contributed by atoms with E-state index >= 15 is 0 Å². The van der Waals surface area contributed by atoms with Crippen molar-refractivity contribution < 1.29 is 33.6 Å². The second-order valence-electron chi connectivity index (χ2n) is 11.7. The molecule has 0 aliphatic carbocycles. The van der Waals surface area contributed by atoms with Gasteiger partial charge in [0, 0.05) is 32.1 Å². The standard InChI is InChI=1S/C33H51FN2O6/c1-21(2)25(16-23-8-13-31(41-6)32(17-23)42-15-7-14-40-5)18-28(35)30(38)19-27(22(3)4)33(39)36-29(20-37)24-9-11-26(34)12-10-24/h8-13,17,21-22,25,27-30,37-38H,7,14-16,18-20,35H2,1-6H3,(H,36,39)/t25-,27-,28-,29+,30-/m0/s1. The molecular formula is C33H51FN2O6. The molecule has 2 aromatic rings. The predicted octanol–water partition coefficient (Wildman–Crippen LogP) is 4.65. The Morgan fingerprint density at radius 3 is 2.24 bits per heavy atom. The zero-order valence-electron chi connectivity index (χ0n) is 26.0. The molecule has 1 amide bonds. The van der Waals surface area contributed by atoms with Crippen molar-refractivity contribution in [3.8, 4) is 11.5 Å². The maximum Gasteiger partial charge on any atom is 0.224 e. The van der Waals surface area contributed by atoms with Crippen molar-refractivity contribution in [3.05, 3.63) is 59.4 Å². The summed E-state index contributed by atoms with van der Waals surface area (Å²) < 4.78 is 29.9. The van der Waals surface area contributed by atoms with Gasteiger partial charge in [0.1, 0.15) is 5.82 Å². The van der Waals surface area contributed by atoms with Gasteiger partial charge in [-0.05, 0) is 72.4 Å². The largest absolute Gasteiger partial charge is 0.493 e. The van der Waals surface area contributed by atoms with Gasteiger partial charge < -0.3 is 35.5 Å². The number of carbonyl (C=O) groups is 1. The molecule has 2 aromatic carbocycles. The third-order valence-corrected chi connectivity index (χ3v) is 7.90. The first kappa shape index (κ1) is 35.5. The summed E-state index contributed by atoms with van der Waals surface area (Å²) in [6, 6.07) is 10.4. The van der Waals surface area contributed by atoms with Crippen LogP contribution in [-0.2, 0) is 16.0 Å². The van der Waals surface area contributed by atoms with Gasteiger partial charge in [0.05, 0.1) is 32.5 Å². The lowest BCUT2D eigenvalue weighted by atomic mass is 9.80. The monoisotopic (exact) mass is 590 g/mol. The fourth-order valence-corrected chi connectivity index (χ4v) is 5.07. The van der Waals surface area contributed by atoms with Crippen LogP contribution < -0.4 is 20.5 Å². The number of ether oxygens (including phenoxy) is 3. The number of hydrogen-bond acceptors (Lipinski definition) is 7. The quantitative estimate of drug-likeness (QED) is 0.176. The lowest BCUT2D eigenvalue weighted by Crippen LogP contribution is -2.43. The summed E-state index contributed by atoms with van der Waals surface area (Å²) in [7, 11) is 3.28. The van der Waals surface area contributed by atoms with Crippen LogP contribution in [0.3, 0.4) is 0 Å². The Morgan fingerprint density at radius 2 is 1.67 bits per heavy atom. The average Bonchev–Trinajstić information content (AvgIpc) is 2.96. The van der Waals surface area contributed by atoms with Gasteiger partial charge >= 0.3 is 0 Å². The molecule has 0 heterocycles. The number of methoxy groups -OCH3 is 2. The Kier molecular flexibility index (Phi) is 15.3. The number of aliphatic hydroxyl groups is 2. The minimum absolute atomic E-state index is 0.0677. The van der Waals surface area contributed by atoms with Crippen molar-refractivity contribution >= 4 is 5.91 Å². The molecule has 0 saturated heterocycles. The zero-order valence-corrected chi connectivity index (χ0v) is 26.0. The van der Waals surface area contributed by atoms with Crippen molar-refractivity contribution in [2.75, 3.05) is 34.0 Å². The van der Waals surface area contributed by atoms with E-state index in [2.05, 4.69) is 19.2 Å². The second kappa shape index (κ2) is 18.1. The summed E-state index contributed by atoms with van der Waals surface area (Å²) in [5.41, 5.74) is 8.24. The van der Waals surface area contributed by atoms with Crippen molar-refractivity contribution in [1.82, 2.24) is 5.32 Å². The van der Waals surface area contributed by atoms with E-state index in [0.29, 0.717) is 42.6 Å². The number of amides is 1. The van der Waals surface area contributed by atoms with Crippen molar-refractivity contribution in [2.24, 2.45) is 29.4 Å². The van der Waals surface area contributed by atoms with Crippen molar-refractivity contribution in [2.45, 2.75) is 71.6 Å². The van der Waals surface area contributed by atoms with Crippen molar-refractivity contribution in [3.63, 3.8) is 0 Å². The van der Waals surface area contributed by atoms with Gasteiger partial charge in [0.25, 0.3) is 0 Å². The fourth-order valence-electron chi connectivity index (χ4n) is 5.07. The lowest BCUT2D eigenvalue weighted by molar-refractivity contribution is -0.128. The maximum absolute atomic E-state index is 13.3. The van der Waals surface area contributed by atoms with Crippen LogP contribution in [0.1, 0.15) is 64.1 Å². The van der Waals surface area contributed by atoms with Crippen LogP contribution in [0.4, 0.5) is 4.39 Å². The average molecular weight is 591 g/mol. The summed E-state index contributed by atoms with van der Waals surface area (Å²) in [5, 5.41) is 23.9. The third kappa shape index (κ3) is 11.2. The number of halogens is 1. The number of benzene rings is 2. The molecule has 5 N–H and O–H groups in total. The molecule has 0 bridgehead atoms. The fraction of sp³-hybridized carbons (Fsp3) is 0.606. The van der Waals surface area contributed by atoms with Gasteiger partial charge in [-0.3, -0.25) is 4.79 Å². The normalized spacial score (nSPS) is 15.2. The highest BCUT2D eigenvalue weighted by atomic mass is 19.1. The predicted molar refractivity (Wildman–Crippen MR) is 163 cm³/mol. The van der Waals surface area contributed by atoms with Crippen LogP contribution in [-0.4, -0.2) is 62.3 Å². The number of nitrogens with one attached hydrogen (secondary N) is 1. The Bertz CT molecular complexity index is 1070. The van der Waals surface area contributed by atoms with Gasteiger partial charge in [-0.15, -0.1) is 0 Å². The van der Waals surface area contributed by atoms with E-state index in [-0.39, 0.29) is 30.8 Å². The van der Waals surface area contributed by atoms with E-state index in [0.717, 1.165) is 18.4 Å². The van der Waals surface area contributed by atoms with Gasteiger partial charge in [-0.25, -0.2) is 4.39 Å². The van der Waals surface area contributed by atoms with Crippen LogP contribution in [0.15, 0.2) is 42.5 Å². The summed E-state index contributed by atoms with van der Waals surface area (Å²) in [4.78, 5) is 13.2. The van der Waals surface area contributed by atoms with E-state index < -0.39 is 29.9 Å². The molecule has 8 nitrogen and oxygen atoms in total. The van der Waals surface area contributed by atoms with E-state index in [9.17, 15) is 19.4 Å². The molecular weight excluding hydrogens is 539 g/mol. The van der Waals surface area contributed by atoms with Gasteiger partial charge in [-0.1, -0.05) is 45.9 Å². The van der Waals surface area contributed by atoms with E-state index in [1.807, 2.05) is 32.0 Å². The first-order chi connectivity index (χ1) is 20.0. The molecule has 2 rings (SSSR count). The number of aliphatic hydroxyl groups excluding tert-OH is 2. The Hall–Kier alpha value is -2.72. The molecule has 236 valence electrons. The third-order valence-electron chi connectivity index (χ3n) is 7.90. The molecule has 0 unspecified atom stereocenters. The SMILES string of the molecule is COCCCOc1cc(C[C@@H](C[C@H](N)[C@@H](O)C[C@H](C(=O)N[C@H](CO)c2ccc(F)cc2)C(C)C)C(C)C)ccc1OC. The molecule has 5 atom stereocenters. The van der Waals surface area contributed by atoms with Crippen LogP contribution in [0, 0.1) is 29.5 Å². The molecule has 0 saturated carbocycles. The van der Waals surface area contributed by atoms with Crippen LogP contribution in [0.25, 0.3) is 0 Å². The molecule has 0 aliphatic heterocycles. The van der Waals surface area contributed by atoms with Crippen molar-refractivity contribution in [1.29, 1.82) is 0 Å². The van der Waals surface area contributed by atoms with Gasteiger partial charge in [0.2, 0.25) is 5.91 Å². The highest BCUT2D eigenvalue weighted by Gasteiger charge is 2.31. The first-order valence-electron chi connectivity index (χ1n) is 14.9. The second-order valence-corrected chi connectivity index (χ2v) is 11.7. The summed E-state index contributed by atoms with van der Waals surface area (Å²) in [5.74, 6) is 0.596. The summed E-state index contributed by atoms with van der Waals surface area (Å²) in [6.07, 6.45) is 1.40. The maximum atomic E-state index is 13.3.